The van der Waals surface area contributed by atoms with Crippen LogP contribution in [0, 0.1) is 0 Å². The summed E-state index contributed by atoms with van der Waals surface area (Å²) in [4.78, 5) is 12.1. The Labute approximate surface area is 180 Å². The smallest absolute Gasteiger partial charge is 0.255 e. The summed E-state index contributed by atoms with van der Waals surface area (Å²) in [5.74, 6) is 0.683. The van der Waals surface area contributed by atoms with E-state index in [1.165, 1.54) is 52.8 Å². The molecule has 0 aliphatic rings. The van der Waals surface area contributed by atoms with Gasteiger partial charge in [-0.05, 0) is 30.3 Å². The molecular weight excluding hydrogens is 434 g/mol. The van der Waals surface area contributed by atoms with Crippen LogP contribution in [0.25, 0.3) is 0 Å². The number of nitrogens with zero attached hydrogens (tertiary/aromatic N) is 2. The molecule has 0 bridgehead atoms. The number of hydrogen-bond donors (Lipinski definition) is 1. The first kappa shape index (κ1) is 23.5. The van der Waals surface area contributed by atoms with E-state index < -0.39 is 22.5 Å². The molecule has 1 N–H and O–H groups in total. The number of para-hydroxylation sites is 1. The van der Waals surface area contributed by atoms with Crippen LogP contribution in [0.3, 0.4) is 0 Å². The Morgan fingerprint density at radius 3 is 2.43 bits per heavy atom. The van der Waals surface area contributed by atoms with Gasteiger partial charge in [0.1, 0.15) is 5.75 Å². The van der Waals surface area contributed by atoms with E-state index in [-0.39, 0.29) is 9.92 Å². The molecule has 0 aromatic heterocycles. The fourth-order valence-corrected chi connectivity index (χ4v) is 3.97. The number of likely N-dealkylation sites (N-methyl/N-ethyl adjacent to an activating group) is 1. The number of hydrazone groups is 1. The van der Waals surface area contributed by atoms with Gasteiger partial charge in [0.05, 0.1) is 44.0 Å². The summed E-state index contributed by atoms with van der Waals surface area (Å²) in [6.07, 6.45) is 1.37. The summed E-state index contributed by atoms with van der Waals surface area (Å²) in [5, 5.41) is 4.00. The van der Waals surface area contributed by atoms with Crippen LogP contribution in [0.5, 0.6) is 17.2 Å². The Kier molecular flexibility index (Phi) is 8.04. The molecule has 9 nitrogen and oxygen atoms in total. The second kappa shape index (κ2) is 10.3. The molecule has 0 spiro atoms. The number of rotatable bonds is 9. The highest BCUT2D eigenvalue weighted by atomic mass is 35.5. The highest BCUT2D eigenvalue weighted by Crippen LogP contribution is 2.29. The first-order valence-electron chi connectivity index (χ1n) is 8.57. The molecule has 0 radical (unpaired) electrons. The number of ether oxygens (including phenoxy) is 3. The van der Waals surface area contributed by atoms with Gasteiger partial charge in [-0.2, -0.15) is 9.41 Å². The van der Waals surface area contributed by atoms with E-state index in [2.05, 4.69) is 10.5 Å². The third-order valence-corrected chi connectivity index (χ3v) is 6.12. The second-order valence-corrected chi connectivity index (χ2v) is 8.39. The zero-order valence-corrected chi connectivity index (χ0v) is 18.5. The van der Waals surface area contributed by atoms with E-state index >= 15 is 0 Å². The average Bonchev–Trinajstić information content (AvgIpc) is 2.73. The van der Waals surface area contributed by atoms with Crippen molar-refractivity contribution in [3.8, 4) is 17.2 Å². The number of hydrogen-bond acceptors (Lipinski definition) is 7. The number of halogens is 1. The van der Waals surface area contributed by atoms with E-state index in [4.69, 9.17) is 25.8 Å². The maximum atomic E-state index is 12.6. The van der Waals surface area contributed by atoms with Crippen LogP contribution in [0.4, 0.5) is 0 Å². The fourth-order valence-electron chi connectivity index (χ4n) is 2.50. The Balaban J connectivity index is 2.06. The number of nitrogens with one attached hydrogen (secondary N) is 1. The first-order valence-corrected chi connectivity index (χ1v) is 10.4. The lowest BCUT2D eigenvalue weighted by molar-refractivity contribution is -0.121. The molecular formula is C19H22ClN3O6S. The van der Waals surface area contributed by atoms with Crippen LogP contribution in [0.1, 0.15) is 5.56 Å². The molecule has 0 unspecified atom stereocenters. The van der Waals surface area contributed by atoms with Crippen molar-refractivity contribution in [1.82, 2.24) is 9.73 Å². The number of benzene rings is 2. The van der Waals surface area contributed by atoms with Gasteiger partial charge in [0.25, 0.3) is 5.91 Å². The van der Waals surface area contributed by atoms with Crippen LogP contribution in [0.2, 0.25) is 5.02 Å². The van der Waals surface area contributed by atoms with Crippen molar-refractivity contribution in [2.24, 2.45) is 5.10 Å². The average molecular weight is 456 g/mol. The summed E-state index contributed by atoms with van der Waals surface area (Å²) < 4.78 is 41.7. The van der Waals surface area contributed by atoms with Gasteiger partial charge in [-0.25, -0.2) is 13.8 Å². The summed E-state index contributed by atoms with van der Waals surface area (Å²) >= 11 is 5.99. The molecule has 0 atom stereocenters. The fraction of sp³-hybridized carbons (Fsp3) is 0.263. The maximum absolute atomic E-state index is 12.6. The van der Waals surface area contributed by atoms with E-state index in [1.807, 2.05) is 0 Å². The lowest BCUT2D eigenvalue weighted by Crippen LogP contribution is -2.36. The monoisotopic (exact) mass is 455 g/mol. The normalized spacial score (nSPS) is 11.5. The predicted octanol–water partition coefficient (Wildman–Crippen LogP) is 2.14. The van der Waals surface area contributed by atoms with Crippen molar-refractivity contribution >= 4 is 33.7 Å². The van der Waals surface area contributed by atoms with E-state index in [0.717, 1.165) is 4.31 Å². The summed E-state index contributed by atoms with van der Waals surface area (Å²) in [6.45, 7) is -0.446. The largest absolute Gasteiger partial charge is 0.495 e. The molecule has 162 valence electrons. The van der Waals surface area contributed by atoms with Crippen LogP contribution in [-0.4, -0.2) is 59.8 Å². The van der Waals surface area contributed by atoms with Crippen LogP contribution >= 0.6 is 11.6 Å². The second-order valence-electron chi connectivity index (χ2n) is 5.93. The zero-order valence-electron chi connectivity index (χ0n) is 16.9. The van der Waals surface area contributed by atoms with E-state index in [0.29, 0.717) is 22.8 Å². The van der Waals surface area contributed by atoms with Crippen LogP contribution < -0.4 is 19.6 Å². The number of sulfonamides is 1. The lowest BCUT2D eigenvalue weighted by atomic mass is 10.2. The Morgan fingerprint density at radius 2 is 1.83 bits per heavy atom. The van der Waals surface area contributed by atoms with Gasteiger partial charge in [0.2, 0.25) is 10.0 Å². The van der Waals surface area contributed by atoms with Crippen molar-refractivity contribution in [2.45, 2.75) is 4.90 Å². The molecule has 2 aromatic rings. The molecule has 30 heavy (non-hydrogen) atoms. The van der Waals surface area contributed by atoms with Crippen molar-refractivity contribution < 1.29 is 27.4 Å². The van der Waals surface area contributed by atoms with Gasteiger partial charge in [-0.1, -0.05) is 17.7 Å². The van der Waals surface area contributed by atoms with E-state index in [9.17, 15) is 13.2 Å². The van der Waals surface area contributed by atoms with Crippen molar-refractivity contribution in [2.75, 3.05) is 34.9 Å². The number of carbonyl (C=O) groups excluding carboxylic acids is 1. The van der Waals surface area contributed by atoms with Crippen molar-refractivity contribution in [1.29, 1.82) is 0 Å². The van der Waals surface area contributed by atoms with Crippen molar-refractivity contribution in [3.63, 3.8) is 0 Å². The molecule has 0 saturated carbocycles. The third kappa shape index (κ3) is 5.41. The Bertz CT molecular complexity index is 1040. The highest BCUT2D eigenvalue weighted by Gasteiger charge is 2.24. The van der Waals surface area contributed by atoms with Crippen molar-refractivity contribution in [3.05, 3.63) is 47.0 Å². The number of methoxy groups -OCH3 is 3. The summed E-state index contributed by atoms with van der Waals surface area (Å²) in [5.41, 5.74) is 2.86. The molecule has 0 aliphatic carbocycles. The van der Waals surface area contributed by atoms with Crippen LogP contribution in [0.15, 0.2) is 46.4 Å². The third-order valence-electron chi connectivity index (χ3n) is 4.02. The van der Waals surface area contributed by atoms with Gasteiger partial charge in [0.15, 0.2) is 11.5 Å². The SMILES string of the molecule is COc1ccc(S(=O)(=O)N(C)CC(=O)N/N=C\c2cccc(OC)c2OC)cc1Cl. The highest BCUT2D eigenvalue weighted by molar-refractivity contribution is 7.89. The Hall–Kier alpha value is -2.82. The zero-order chi connectivity index (χ0) is 22.3. The predicted molar refractivity (Wildman–Crippen MR) is 113 cm³/mol. The minimum Gasteiger partial charge on any atom is -0.495 e. The van der Waals surface area contributed by atoms with Crippen LogP contribution in [-0.2, 0) is 14.8 Å². The standard InChI is InChI=1S/C19H22ClN3O6S/c1-23(30(25,26)14-8-9-16(27-2)15(20)10-14)12-18(24)22-21-11-13-6-5-7-17(28-3)19(13)29-4/h5-11H,12H2,1-4H3,(H,22,24)/b21-11-. The van der Waals surface area contributed by atoms with Gasteiger partial charge in [0, 0.05) is 12.6 Å². The molecule has 1 amide bonds. The molecule has 2 rings (SSSR count). The molecule has 0 fully saturated rings. The molecule has 0 saturated heterocycles. The summed E-state index contributed by atoms with van der Waals surface area (Å²) in [7, 11) is 1.76. The summed E-state index contributed by atoms with van der Waals surface area (Å²) in [6, 6.07) is 9.24. The minimum atomic E-state index is -3.93. The number of amides is 1. The quantitative estimate of drug-likeness (QED) is 0.458. The first-order chi connectivity index (χ1) is 14.2. The van der Waals surface area contributed by atoms with E-state index in [1.54, 1.807) is 18.2 Å². The minimum absolute atomic E-state index is 0.0618. The lowest BCUT2D eigenvalue weighted by Gasteiger charge is -2.16. The van der Waals surface area contributed by atoms with Gasteiger partial charge in [-0.3, -0.25) is 4.79 Å². The Morgan fingerprint density at radius 1 is 1.13 bits per heavy atom. The van der Waals surface area contributed by atoms with Gasteiger partial charge in [-0.15, -0.1) is 0 Å². The topological polar surface area (TPSA) is 107 Å². The molecule has 2 aromatic carbocycles. The molecule has 0 aliphatic heterocycles. The maximum Gasteiger partial charge on any atom is 0.255 e. The van der Waals surface area contributed by atoms with Gasteiger partial charge < -0.3 is 14.2 Å². The molecule has 0 heterocycles. The molecule has 11 heteroatoms. The van der Waals surface area contributed by atoms with Gasteiger partial charge >= 0.3 is 0 Å². The number of carbonyl (C=O) groups is 1.